The molecule has 4 aliphatic rings. The van der Waals surface area contributed by atoms with Gasteiger partial charge in [0.1, 0.15) is 5.78 Å². The van der Waals surface area contributed by atoms with Crippen LogP contribution >= 0.6 is 0 Å². The first-order valence-electron chi connectivity index (χ1n) is 10.4. The van der Waals surface area contributed by atoms with Gasteiger partial charge >= 0.3 is 0 Å². The predicted octanol–water partition coefficient (Wildman–Crippen LogP) is 4.72. The zero-order valence-electron chi connectivity index (χ0n) is 16.7. The molecule has 0 radical (unpaired) electrons. The molecule has 2 nitrogen and oxygen atoms in total. The molecule has 2 heteroatoms. The minimum Gasteiger partial charge on any atom is -0.300 e. The molecule has 0 amide bonds. The Morgan fingerprint density at radius 2 is 1.96 bits per heavy atom. The van der Waals surface area contributed by atoms with Crippen molar-refractivity contribution in [3.05, 3.63) is 11.6 Å². The van der Waals surface area contributed by atoms with E-state index < -0.39 is 11.8 Å². The van der Waals surface area contributed by atoms with Gasteiger partial charge in [-0.15, -0.1) is 0 Å². The van der Waals surface area contributed by atoms with Gasteiger partial charge in [0.05, 0.1) is 0 Å². The summed E-state index contributed by atoms with van der Waals surface area (Å²) in [5.74, 6) is 1.81. The van der Waals surface area contributed by atoms with E-state index in [1.54, 1.807) is 13.0 Å². The van der Waals surface area contributed by atoms with Crippen molar-refractivity contribution in [2.45, 2.75) is 72.1 Å². The summed E-state index contributed by atoms with van der Waals surface area (Å²) in [6.07, 6.45) is 6.36. The van der Waals surface area contributed by atoms with Gasteiger partial charge in [-0.1, -0.05) is 19.4 Å². The average molecular weight is 316 g/mol. The molecule has 0 saturated heterocycles. The van der Waals surface area contributed by atoms with E-state index in [1.165, 1.54) is 0 Å². The lowest BCUT2D eigenvalue weighted by Crippen LogP contribution is -2.51. The van der Waals surface area contributed by atoms with E-state index >= 15 is 0 Å². The summed E-state index contributed by atoms with van der Waals surface area (Å²) in [6.45, 7) is 6.15. The van der Waals surface area contributed by atoms with Crippen LogP contribution in [0.2, 0.25) is 0 Å². The van der Waals surface area contributed by atoms with Crippen LogP contribution in [0.25, 0.3) is 0 Å². The summed E-state index contributed by atoms with van der Waals surface area (Å²) in [6, 6.07) is 0. The quantitative estimate of drug-likeness (QED) is 0.701. The van der Waals surface area contributed by atoms with E-state index in [1.807, 2.05) is 0 Å². The summed E-state index contributed by atoms with van der Waals surface area (Å²) in [5.41, 5.74) is 0.640. The average Bonchev–Trinajstić information content (AvgIpc) is 2.85. The number of fused-ring (bicyclic) bond motifs is 5. The van der Waals surface area contributed by atoms with Crippen molar-refractivity contribution in [3.63, 3.8) is 0 Å². The molecule has 4 aliphatic carbocycles. The van der Waals surface area contributed by atoms with Crippen LogP contribution in [0.1, 0.15) is 74.8 Å². The second-order valence-corrected chi connectivity index (χ2v) is 8.89. The normalized spacial score (nSPS) is 52.5. The summed E-state index contributed by atoms with van der Waals surface area (Å²) < 4.78 is 17.4. The van der Waals surface area contributed by atoms with Gasteiger partial charge < -0.3 is 0 Å². The van der Waals surface area contributed by atoms with Crippen LogP contribution in [0, 0.1) is 34.5 Å². The summed E-state index contributed by atoms with van der Waals surface area (Å²) in [7, 11) is 0. The molecule has 0 bridgehead atoms. The van der Waals surface area contributed by atoms with E-state index in [2.05, 4.69) is 13.8 Å². The second-order valence-electron chi connectivity index (χ2n) is 8.89. The fourth-order valence-corrected chi connectivity index (χ4v) is 6.88. The lowest BCUT2D eigenvalue weighted by Gasteiger charge is -2.58. The maximum atomic E-state index is 12.2. The monoisotopic (exact) mass is 316 g/mol. The molecule has 3 fully saturated rings. The minimum absolute atomic E-state index is 0.0220. The Bertz CT molecular complexity index is 667. The summed E-state index contributed by atoms with van der Waals surface area (Å²) in [5, 5.41) is 0. The van der Waals surface area contributed by atoms with Crippen LogP contribution in [0.4, 0.5) is 0 Å². The molecule has 0 heterocycles. The number of Topliss-reactive ketones (excluding diaryl/α,β-unsaturated/α-hetero) is 1. The fraction of sp³-hybridized carbons (Fsp3) is 0.810. The topological polar surface area (TPSA) is 34.1 Å². The zero-order chi connectivity index (χ0) is 18.2. The molecule has 6 atom stereocenters. The molecule has 23 heavy (non-hydrogen) atoms. The van der Waals surface area contributed by atoms with Crippen molar-refractivity contribution in [1.82, 2.24) is 0 Å². The highest BCUT2D eigenvalue weighted by Gasteiger charge is 2.59. The minimum atomic E-state index is -1.45. The van der Waals surface area contributed by atoms with Gasteiger partial charge in [0.15, 0.2) is 5.78 Å². The number of hydrogen-bond acceptors (Lipinski definition) is 2. The zero-order valence-corrected chi connectivity index (χ0v) is 14.7. The van der Waals surface area contributed by atoms with Gasteiger partial charge in [-0.3, -0.25) is 9.59 Å². The van der Waals surface area contributed by atoms with Crippen molar-refractivity contribution >= 4 is 11.6 Å². The van der Waals surface area contributed by atoms with Crippen molar-refractivity contribution in [2.24, 2.45) is 34.5 Å². The van der Waals surface area contributed by atoms with Crippen LogP contribution in [-0.2, 0) is 9.59 Å². The molecule has 0 aromatic rings. The maximum Gasteiger partial charge on any atom is 0.155 e. The third kappa shape index (κ3) is 2.06. The largest absolute Gasteiger partial charge is 0.300 e. The standard InChI is InChI=1S/C21H30O2/c1-13(22)17-6-7-18-16-5-4-14-12-15(23)8-10-20(14,2)19(16)9-11-21(17,18)3/h12,16-19H,4-11H2,1-3H3/t16-,17+,18-,19-,20-,21+/m0/s1/i10D2. The Labute approximate surface area is 142 Å². The summed E-state index contributed by atoms with van der Waals surface area (Å²) in [4.78, 5) is 24.2. The summed E-state index contributed by atoms with van der Waals surface area (Å²) >= 11 is 0. The number of carbonyl (C=O) groups excluding carboxylic acids is 2. The maximum absolute atomic E-state index is 12.2. The van der Waals surface area contributed by atoms with Crippen LogP contribution in [0.3, 0.4) is 0 Å². The van der Waals surface area contributed by atoms with Gasteiger partial charge in [-0.25, -0.2) is 0 Å². The molecule has 0 aromatic heterocycles. The molecular formula is C21H30O2. The molecule has 126 valence electrons. The van der Waals surface area contributed by atoms with Crippen LogP contribution in [0.15, 0.2) is 11.6 Å². The van der Waals surface area contributed by atoms with Gasteiger partial charge in [-0.2, -0.15) is 0 Å². The third-order valence-corrected chi connectivity index (χ3v) is 8.05. The van der Waals surface area contributed by atoms with Crippen molar-refractivity contribution in [2.75, 3.05) is 0 Å². The van der Waals surface area contributed by atoms with Crippen LogP contribution in [0.5, 0.6) is 0 Å². The van der Waals surface area contributed by atoms with E-state index in [0.717, 1.165) is 44.1 Å². The lowest BCUT2D eigenvalue weighted by atomic mass is 9.47. The number of carbonyl (C=O) groups is 2. The predicted molar refractivity (Wildman–Crippen MR) is 90.9 cm³/mol. The highest BCUT2D eigenvalue weighted by molar-refractivity contribution is 5.91. The highest BCUT2D eigenvalue weighted by atomic mass is 16.1. The van der Waals surface area contributed by atoms with E-state index in [-0.39, 0.29) is 23.5 Å². The Morgan fingerprint density at radius 3 is 2.70 bits per heavy atom. The number of allylic oxidation sites excluding steroid dienone is 1. The molecule has 0 aromatic carbocycles. The van der Waals surface area contributed by atoms with E-state index in [0.29, 0.717) is 23.5 Å². The Hall–Kier alpha value is -0.920. The van der Waals surface area contributed by atoms with Gasteiger partial charge in [-0.05, 0) is 86.5 Å². The van der Waals surface area contributed by atoms with Crippen molar-refractivity contribution in [3.8, 4) is 0 Å². The first kappa shape index (κ1) is 13.4. The van der Waals surface area contributed by atoms with Gasteiger partial charge in [0.2, 0.25) is 0 Å². The molecule has 0 spiro atoms. The Balaban J connectivity index is 1.73. The van der Waals surface area contributed by atoms with E-state index in [4.69, 9.17) is 2.74 Å². The number of hydrogen-bond donors (Lipinski definition) is 0. The lowest BCUT2D eigenvalue weighted by molar-refractivity contribution is -0.128. The van der Waals surface area contributed by atoms with Gasteiger partial charge in [0.25, 0.3) is 0 Å². The number of ketones is 2. The molecule has 0 unspecified atom stereocenters. The Kier molecular flexibility index (Phi) is 2.93. The molecule has 0 N–H and O–H groups in total. The SMILES string of the molecule is [2H]C1([2H])CC(=O)C=C2CC[C@H]3[C@@H]4CC[C@H](C(C)=O)[C@@]4(C)CC[C@@H]3[C@]21C. The first-order valence-corrected chi connectivity index (χ1v) is 9.35. The number of rotatable bonds is 1. The third-order valence-electron chi connectivity index (χ3n) is 8.05. The molecular weight excluding hydrogens is 284 g/mol. The van der Waals surface area contributed by atoms with Crippen molar-refractivity contribution in [1.29, 1.82) is 0 Å². The van der Waals surface area contributed by atoms with Crippen molar-refractivity contribution < 1.29 is 12.3 Å². The molecule has 3 saturated carbocycles. The highest BCUT2D eigenvalue weighted by Crippen LogP contribution is 2.66. The Morgan fingerprint density at radius 1 is 1.17 bits per heavy atom. The van der Waals surface area contributed by atoms with E-state index in [9.17, 15) is 9.59 Å². The fourth-order valence-electron chi connectivity index (χ4n) is 6.88. The van der Waals surface area contributed by atoms with Crippen LogP contribution in [-0.4, -0.2) is 11.6 Å². The molecule has 4 rings (SSSR count). The second kappa shape index (κ2) is 5.04. The first-order chi connectivity index (χ1) is 11.6. The molecule has 0 aliphatic heterocycles. The smallest absolute Gasteiger partial charge is 0.155 e. The van der Waals surface area contributed by atoms with Crippen LogP contribution < -0.4 is 0 Å². The van der Waals surface area contributed by atoms with Gasteiger partial charge in [0, 0.05) is 15.1 Å².